The molecule has 2 aromatic rings. The molecule has 144 valence electrons. The average Bonchev–Trinajstić information content (AvgIpc) is 3.18. The van der Waals surface area contributed by atoms with Crippen molar-refractivity contribution < 1.29 is 9.18 Å². The van der Waals surface area contributed by atoms with Crippen LogP contribution in [0.1, 0.15) is 59.1 Å². The third-order valence-electron chi connectivity index (χ3n) is 5.67. The largest absolute Gasteiger partial charge is 0.336 e. The van der Waals surface area contributed by atoms with Crippen molar-refractivity contribution in [3.63, 3.8) is 0 Å². The highest BCUT2D eigenvalue weighted by atomic mass is 32.1. The molecular weight excluding hydrogens is 361 g/mol. The van der Waals surface area contributed by atoms with Crippen molar-refractivity contribution in [1.82, 2.24) is 14.8 Å². The Labute approximate surface area is 164 Å². The van der Waals surface area contributed by atoms with Crippen LogP contribution in [-0.2, 0) is 6.54 Å². The van der Waals surface area contributed by atoms with Gasteiger partial charge in [-0.25, -0.2) is 9.37 Å². The minimum Gasteiger partial charge on any atom is -0.336 e. The van der Waals surface area contributed by atoms with Gasteiger partial charge in [0.15, 0.2) is 0 Å². The quantitative estimate of drug-likeness (QED) is 0.785. The summed E-state index contributed by atoms with van der Waals surface area (Å²) in [5.74, 6) is 0.0105. The molecule has 1 saturated heterocycles. The van der Waals surface area contributed by atoms with Crippen molar-refractivity contribution in [2.24, 2.45) is 0 Å². The Balaban J connectivity index is 1.30. The Morgan fingerprint density at radius 2 is 1.85 bits per heavy atom. The van der Waals surface area contributed by atoms with E-state index in [0.717, 1.165) is 25.3 Å². The number of carbonyl (C=O) groups is 1. The van der Waals surface area contributed by atoms with Crippen LogP contribution in [0, 0.1) is 5.82 Å². The summed E-state index contributed by atoms with van der Waals surface area (Å²) in [6.07, 6.45) is 6.59. The van der Waals surface area contributed by atoms with Gasteiger partial charge in [0.05, 0.1) is 16.3 Å². The number of piperazine rings is 1. The smallest absolute Gasteiger partial charge is 0.256 e. The summed E-state index contributed by atoms with van der Waals surface area (Å²) in [6, 6.07) is 6.22. The maximum Gasteiger partial charge on any atom is 0.256 e. The number of carbonyl (C=O) groups excluding carboxylic acids is 1. The van der Waals surface area contributed by atoms with E-state index in [4.69, 9.17) is 4.98 Å². The second kappa shape index (κ2) is 8.48. The van der Waals surface area contributed by atoms with Gasteiger partial charge in [-0.05, 0) is 25.0 Å². The minimum absolute atomic E-state index is 0.169. The summed E-state index contributed by atoms with van der Waals surface area (Å²) in [4.78, 5) is 21.5. The lowest BCUT2D eigenvalue weighted by molar-refractivity contribution is 0.0622. The van der Waals surface area contributed by atoms with Crippen molar-refractivity contribution in [2.75, 3.05) is 26.2 Å². The van der Waals surface area contributed by atoms with Crippen LogP contribution in [0.3, 0.4) is 0 Å². The lowest BCUT2D eigenvalue weighted by Crippen LogP contribution is -2.48. The molecule has 1 aliphatic carbocycles. The maximum atomic E-state index is 13.8. The molecule has 0 N–H and O–H groups in total. The molecule has 2 aliphatic rings. The molecular formula is C21H26FN3OS. The van der Waals surface area contributed by atoms with Gasteiger partial charge in [0.2, 0.25) is 0 Å². The van der Waals surface area contributed by atoms with E-state index in [-0.39, 0.29) is 11.5 Å². The zero-order chi connectivity index (χ0) is 18.6. The molecule has 27 heavy (non-hydrogen) atoms. The molecule has 1 amide bonds. The molecule has 1 aliphatic heterocycles. The molecule has 6 heteroatoms. The highest BCUT2D eigenvalue weighted by molar-refractivity contribution is 7.09. The van der Waals surface area contributed by atoms with E-state index >= 15 is 0 Å². The number of halogens is 1. The van der Waals surface area contributed by atoms with E-state index in [2.05, 4.69) is 10.3 Å². The molecule has 0 bridgehead atoms. The molecule has 4 rings (SSSR count). The van der Waals surface area contributed by atoms with Gasteiger partial charge in [0, 0.05) is 44.0 Å². The molecule has 4 nitrogen and oxygen atoms in total. The van der Waals surface area contributed by atoms with Crippen LogP contribution in [-0.4, -0.2) is 46.9 Å². The Morgan fingerprint density at radius 3 is 2.59 bits per heavy atom. The zero-order valence-corrected chi connectivity index (χ0v) is 16.4. The number of nitrogens with zero attached hydrogens (tertiary/aromatic N) is 3. The molecule has 1 aromatic carbocycles. The van der Waals surface area contributed by atoms with Gasteiger partial charge in [0.1, 0.15) is 5.82 Å². The topological polar surface area (TPSA) is 36.4 Å². The summed E-state index contributed by atoms with van der Waals surface area (Å²) in [5, 5.41) is 3.50. The van der Waals surface area contributed by atoms with Crippen LogP contribution in [0.15, 0.2) is 29.6 Å². The number of benzene rings is 1. The number of rotatable bonds is 4. The molecule has 1 saturated carbocycles. The molecule has 0 radical (unpaired) electrons. The van der Waals surface area contributed by atoms with Gasteiger partial charge >= 0.3 is 0 Å². The zero-order valence-electron chi connectivity index (χ0n) is 15.6. The number of amides is 1. The van der Waals surface area contributed by atoms with Crippen molar-refractivity contribution in [1.29, 1.82) is 0 Å². The van der Waals surface area contributed by atoms with E-state index in [1.54, 1.807) is 34.4 Å². The van der Waals surface area contributed by atoms with E-state index in [1.807, 2.05) is 0 Å². The van der Waals surface area contributed by atoms with E-state index in [0.29, 0.717) is 19.0 Å². The normalized spacial score (nSPS) is 19.4. The van der Waals surface area contributed by atoms with Crippen LogP contribution in [0.25, 0.3) is 0 Å². The Kier molecular flexibility index (Phi) is 5.83. The van der Waals surface area contributed by atoms with E-state index < -0.39 is 5.82 Å². The number of aromatic nitrogens is 1. The van der Waals surface area contributed by atoms with Gasteiger partial charge in [-0.3, -0.25) is 9.69 Å². The van der Waals surface area contributed by atoms with Crippen LogP contribution in [0.4, 0.5) is 4.39 Å². The van der Waals surface area contributed by atoms with Crippen molar-refractivity contribution in [3.05, 3.63) is 51.7 Å². The Hall–Kier alpha value is -1.79. The second-order valence-corrected chi connectivity index (χ2v) is 8.45. The van der Waals surface area contributed by atoms with E-state index in [1.165, 1.54) is 43.2 Å². The highest BCUT2D eigenvalue weighted by Gasteiger charge is 2.25. The van der Waals surface area contributed by atoms with Crippen molar-refractivity contribution >= 4 is 17.2 Å². The number of hydrogen-bond acceptors (Lipinski definition) is 4. The van der Waals surface area contributed by atoms with Crippen LogP contribution < -0.4 is 0 Å². The van der Waals surface area contributed by atoms with Crippen molar-refractivity contribution in [2.45, 2.75) is 44.6 Å². The first-order valence-electron chi connectivity index (χ1n) is 9.91. The fourth-order valence-corrected chi connectivity index (χ4v) is 5.06. The monoisotopic (exact) mass is 387 g/mol. The summed E-state index contributed by atoms with van der Waals surface area (Å²) in [6.45, 7) is 3.71. The SMILES string of the molecule is O=C(c1ccccc1F)N1CCN(Cc2csc(C3CCCCC3)n2)CC1. The fourth-order valence-electron chi connectivity index (χ4n) is 4.08. The predicted octanol–water partition coefficient (Wildman–Crippen LogP) is 4.29. The fraction of sp³-hybridized carbons (Fsp3) is 0.524. The lowest BCUT2D eigenvalue weighted by atomic mass is 9.90. The first kappa shape index (κ1) is 18.6. The van der Waals surface area contributed by atoms with E-state index in [9.17, 15) is 9.18 Å². The van der Waals surface area contributed by atoms with Gasteiger partial charge in [-0.1, -0.05) is 31.4 Å². The molecule has 0 unspecified atom stereocenters. The average molecular weight is 388 g/mol. The molecule has 2 heterocycles. The maximum absolute atomic E-state index is 13.8. The number of thiazole rings is 1. The Bertz CT molecular complexity index is 779. The van der Waals surface area contributed by atoms with Gasteiger partial charge < -0.3 is 4.90 Å². The Morgan fingerprint density at radius 1 is 1.11 bits per heavy atom. The standard InChI is InChI=1S/C21H26FN3OS/c22-19-9-5-4-8-18(19)21(26)25-12-10-24(11-13-25)14-17-15-27-20(23-17)16-6-2-1-3-7-16/h4-5,8-9,15-16H,1-3,6-7,10-14H2. The second-order valence-electron chi connectivity index (χ2n) is 7.56. The van der Waals surface area contributed by atoms with Gasteiger partial charge in [-0.2, -0.15) is 0 Å². The first-order valence-corrected chi connectivity index (χ1v) is 10.8. The summed E-state index contributed by atoms with van der Waals surface area (Å²) in [5.41, 5.74) is 1.32. The first-order chi connectivity index (χ1) is 13.2. The summed E-state index contributed by atoms with van der Waals surface area (Å²) in [7, 11) is 0. The highest BCUT2D eigenvalue weighted by Crippen LogP contribution is 2.34. The third kappa shape index (κ3) is 4.38. The van der Waals surface area contributed by atoms with Crippen molar-refractivity contribution in [3.8, 4) is 0 Å². The lowest BCUT2D eigenvalue weighted by Gasteiger charge is -2.34. The minimum atomic E-state index is -0.442. The molecule has 1 aromatic heterocycles. The van der Waals surface area contributed by atoms with Crippen LogP contribution >= 0.6 is 11.3 Å². The molecule has 2 fully saturated rings. The van der Waals surface area contributed by atoms with Gasteiger partial charge in [-0.15, -0.1) is 11.3 Å². The van der Waals surface area contributed by atoms with Gasteiger partial charge in [0.25, 0.3) is 5.91 Å². The number of hydrogen-bond donors (Lipinski definition) is 0. The third-order valence-corrected chi connectivity index (χ3v) is 6.73. The summed E-state index contributed by atoms with van der Waals surface area (Å²) >= 11 is 1.80. The summed E-state index contributed by atoms with van der Waals surface area (Å²) < 4.78 is 13.8. The molecule has 0 atom stereocenters. The van der Waals surface area contributed by atoms with Crippen LogP contribution in [0.5, 0.6) is 0 Å². The molecule has 0 spiro atoms. The van der Waals surface area contributed by atoms with Crippen LogP contribution in [0.2, 0.25) is 0 Å². The predicted molar refractivity (Wildman–Crippen MR) is 106 cm³/mol.